The van der Waals surface area contributed by atoms with E-state index in [2.05, 4.69) is 22.9 Å². The summed E-state index contributed by atoms with van der Waals surface area (Å²) in [4.78, 5) is 0. The van der Waals surface area contributed by atoms with Crippen molar-refractivity contribution < 1.29 is 4.39 Å². The summed E-state index contributed by atoms with van der Waals surface area (Å²) in [7, 11) is 0. The van der Waals surface area contributed by atoms with Crippen LogP contribution in [0.4, 0.5) is 4.39 Å². The molecule has 0 aromatic heterocycles. The van der Waals surface area contributed by atoms with E-state index in [9.17, 15) is 4.39 Å². The lowest BCUT2D eigenvalue weighted by Crippen LogP contribution is -1.87. The van der Waals surface area contributed by atoms with Gasteiger partial charge in [0, 0.05) is 10.0 Å². The van der Waals surface area contributed by atoms with Gasteiger partial charge >= 0.3 is 0 Å². The largest absolute Gasteiger partial charge is 0.207 e. The normalized spacial score (nSPS) is 9.90. The maximum Gasteiger partial charge on any atom is 0.127 e. The van der Waals surface area contributed by atoms with Crippen LogP contribution < -0.4 is 0 Å². The smallest absolute Gasteiger partial charge is 0.127 e. The van der Waals surface area contributed by atoms with Gasteiger partial charge in [0.05, 0.1) is 0 Å². The lowest BCUT2D eigenvalue weighted by atomic mass is 10.2. The molecule has 0 nitrogen and oxygen atoms in total. The third kappa shape index (κ3) is 1.37. The van der Waals surface area contributed by atoms with E-state index in [1.165, 1.54) is 6.07 Å². The SMILES string of the molecule is [CH2]Cc1c(F)cccc1Br. The summed E-state index contributed by atoms with van der Waals surface area (Å²) >= 11 is 3.23. The number of rotatable bonds is 1. The predicted octanol–water partition coefficient (Wildman–Crippen LogP) is 2.96. The molecular weight excluding hydrogens is 195 g/mol. The molecule has 1 rings (SSSR count). The molecule has 0 heterocycles. The van der Waals surface area contributed by atoms with Gasteiger partial charge < -0.3 is 0 Å². The molecule has 10 heavy (non-hydrogen) atoms. The second kappa shape index (κ2) is 3.15. The van der Waals surface area contributed by atoms with Crippen LogP contribution in [0.25, 0.3) is 0 Å². The third-order valence-corrected chi connectivity index (χ3v) is 2.05. The van der Waals surface area contributed by atoms with Crippen molar-refractivity contribution in [3.05, 3.63) is 41.0 Å². The molecule has 1 radical (unpaired) electrons. The Bertz CT molecular complexity index is 212. The van der Waals surface area contributed by atoms with Gasteiger partial charge in [-0.3, -0.25) is 0 Å². The molecule has 0 bridgehead atoms. The van der Waals surface area contributed by atoms with Crippen molar-refractivity contribution in [2.75, 3.05) is 0 Å². The topological polar surface area (TPSA) is 0 Å². The number of benzene rings is 1. The Labute approximate surface area is 68.2 Å². The molecule has 1 aromatic rings. The summed E-state index contributed by atoms with van der Waals surface area (Å²) in [5.74, 6) is -0.190. The molecule has 0 unspecified atom stereocenters. The first-order valence-corrected chi connectivity index (χ1v) is 3.77. The fourth-order valence-electron chi connectivity index (χ4n) is 0.771. The molecule has 0 amide bonds. The van der Waals surface area contributed by atoms with E-state index >= 15 is 0 Å². The monoisotopic (exact) mass is 201 g/mol. The molecule has 0 aliphatic rings. The summed E-state index contributed by atoms with van der Waals surface area (Å²) in [5.41, 5.74) is 0.641. The van der Waals surface area contributed by atoms with Crippen LogP contribution in [-0.2, 0) is 6.42 Å². The molecule has 1 aromatic carbocycles. The van der Waals surface area contributed by atoms with Crippen molar-refractivity contribution in [1.29, 1.82) is 0 Å². The summed E-state index contributed by atoms with van der Waals surface area (Å²) in [6.45, 7) is 3.61. The van der Waals surface area contributed by atoms with Crippen molar-refractivity contribution in [3.63, 3.8) is 0 Å². The van der Waals surface area contributed by atoms with Crippen molar-refractivity contribution in [1.82, 2.24) is 0 Å². The first-order valence-electron chi connectivity index (χ1n) is 2.98. The molecule has 0 atom stereocenters. The average molecular weight is 202 g/mol. The van der Waals surface area contributed by atoms with Crippen LogP contribution in [0, 0.1) is 12.7 Å². The van der Waals surface area contributed by atoms with Gasteiger partial charge in [0.1, 0.15) is 5.82 Å². The Kier molecular flexibility index (Phi) is 2.44. The molecular formula is C8H7BrF. The molecule has 0 saturated carbocycles. The van der Waals surface area contributed by atoms with Crippen LogP contribution in [0.1, 0.15) is 5.56 Å². The van der Waals surface area contributed by atoms with Crippen LogP contribution in [0.5, 0.6) is 0 Å². The second-order valence-corrected chi connectivity index (χ2v) is 2.80. The van der Waals surface area contributed by atoms with Crippen LogP contribution in [-0.4, -0.2) is 0 Å². The minimum atomic E-state index is -0.190. The molecule has 0 spiro atoms. The summed E-state index contributed by atoms with van der Waals surface area (Å²) in [6.07, 6.45) is 0.479. The van der Waals surface area contributed by atoms with E-state index < -0.39 is 0 Å². The van der Waals surface area contributed by atoms with Crippen molar-refractivity contribution in [2.45, 2.75) is 6.42 Å². The van der Waals surface area contributed by atoms with Crippen LogP contribution in [0.3, 0.4) is 0 Å². The Morgan fingerprint density at radius 3 is 2.60 bits per heavy atom. The summed E-state index contributed by atoms with van der Waals surface area (Å²) < 4.78 is 13.6. The molecule has 0 aliphatic heterocycles. The highest BCUT2D eigenvalue weighted by Gasteiger charge is 2.01. The lowest BCUT2D eigenvalue weighted by Gasteiger charge is -2.00. The van der Waals surface area contributed by atoms with Crippen LogP contribution in [0.15, 0.2) is 22.7 Å². The highest BCUT2D eigenvalue weighted by Crippen LogP contribution is 2.19. The zero-order chi connectivity index (χ0) is 7.56. The quantitative estimate of drug-likeness (QED) is 0.656. The van der Waals surface area contributed by atoms with E-state index in [-0.39, 0.29) is 5.82 Å². The zero-order valence-electron chi connectivity index (χ0n) is 5.40. The lowest BCUT2D eigenvalue weighted by molar-refractivity contribution is 0.613. The summed E-state index contributed by atoms with van der Waals surface area (Å²) in [6, 6.07) is 4.91. The van der Waals surface area contributed by atoms with Gasteiger partial charge in [0.2, 0.25) is 0 Å². The van der Waals surface area contributed by atoms with Gasteiger partial charge in [-0.2, -0.15) is 0 Å². The fraction of sp³-hybridized carbons (Fsp3) is 0.125. The molecule has 0 aliphatic carbocycles. The van der Waals surface area contributed by atoms with Crippen molar-refractivity contribution >= 4 is 15.9 Å². The first-order chi connectivity index (χ1) is 4.75. The van der Waals surface area contributed by atoms with Crippen LogP contribution >= 0.6 is 15.9 Å². The van der Waals surface area contributed by atoms with Gasteiger partial charge in [-0.1, -0.05) is 22.0 Å². The Balaban J connectivity index is 3.17. The highest BCUT2D eigenvalue weighted by molar-refractivity contribution is 9.10. The van der Waals surface area contributed by atoms with Crippen molar-refractivity contribution in [2.24, 2.45) is 0 Å². The number of halogens is 2. The first kappa shape index (κ1) is 7.73. The maximum absolute atomic E-state index is 12.8. The number of hydrogen-bond donors (Lipinski definition) is 0. The fourth-order valence-corrected chi connectivity index (χ4v) is 1.31. The Morgan fingerprint density at radius 2 is 2.20 bits per heavy atom. The van der Waals surface area contributed by atoms with Gasteiger partial charge in [-0.25, -0.2) is 4.39 Å². The molecule has 0 saturated heterocycles. The minimum absolute atomic E-state index is 0.190. The van der Waals surface area contributed by atoms with E-state index in [4.69, 9.17) is 0 Å². The average Bonchev–Trinajstić information content (AvgIpc) is 1.88. The third-order valence-electron chi connectivity index (χ3n) is 1.31. The Morgan fingerprint density at radius 1 is 1.50 bits per heavy atom. The van der Waals surface area contributed by atoms with E-state index in [0.29, 0.717) is 12.0 Å². The van der Waals surface area contributed by atoms with E-state index in [0.717, 1.165) is 4.47 Å². The van der Waals surface area contributed by atoms with Gasteiger partial charge in [-0.15, -0.1) is 0 Å². The standard InChI is InChI=1S/C8H7BrF/c1-2-6-7(9)4-3-5-8(6)10/h3-5H,1-2H2. The molecule has 0 fully saturated rings. The van der Waals surface area contributed by atoms with Crippen LogP contribution in [0.2, 0.25) is 0 Å². The molecule has 53 valence electrons. The van der Waals surface area contributed by atoms with E-state index in [1.54, 1.807) is 6.07 Å². The molecule has 0 N–H and O–H groups in total. The summed E-state index contributed by atoms with van der Waals surface area (Å²) in [5, 5.41) is 0. The number of hydrogen-bond acceptors (Lipinski definition) is 0. The zero-order valence-corrected chi connectivity index (χ0v) is 6.99. The van der Waals surface area contributed by atoms with Crippen molar-refractivity contribution in [3.8, 4) is 0 Å². The van der Waals surface area contributed by atoms with E-state index in [1.807, 2.05) is 6.07 Å². The predicted molar refractivity (Wildman–Crippen MR) is 43.2 cm³/mol. The van der Waals surface area contributed by atoms with Gasteiger partial charge in [0.15, 0.2) is 0 Å². The minimum Gasteiger partial charge on any atom is -0.207 e. The van der Waals surface area contributed by atoms with Gasteiger partial charge in [0.25, 0.3) is 0 Å². The van der Waals surface area contributed by atoms with Gasteiger partial charge in [-0.05, 0) is 25.5 Å². The molecule has 2 heteroatoms. The maximum atomic E-state index is 12.8. The second-order valence-electron chi connectivity index (χ2n) is 1.95. The highest BCUT2D eigenvalue weighted by atomic mass is 79.9. The Hall–Kier alpha value is -0.370.